The first kappa shape index (κ1) is 19.2. The average Bonchev–Trinajstić information content (AvgIpc) is 2.53. The van der Waals surface area contributed by atoms with Crippen LogP contribution in [0.5, 0.6) is 0 Å². The van der Waals surface area contributed by atoms with Gasteiger partial charge in [0.2, 0.25) is 11.8 Å². The molecule has 4 heteroatoms. The standard InChI is InChI=1S/C19H30N2O2/c1-6-8-18(22)21(13-17-11-9-14(3)10-12-17)16(5)19(23)20-15(4)7-2/h9-12,15-16H,6-8,13H2,1-5H3,(H,20,23)/t15-,16-/m1/s1. The first-order chi connectivity index (χ1) is 10.9. The van der Waals surface area contributed by atoms with Gasteiger partial charge in [0.25, 0.3) is 0 Å². The van der Waals surface area contributed by atoms with Crippen LogP contribution in [0.1, 0.15) is 58.1 Å². The molecule has 0 fully saturated rings. The molecule has 0 aliphatic carbocycles. The molecule has 0 aliphatic rings. The molecule has 1 aromatic carbocycles. The van der Waals surface area contributed by atoms with E-state index in [-0.39, 0.29) is 17.9 Å². The summed E-state index contributed by atoms with van der Waals surface area (Å²) in [5, 5.41) is 2.97. The number of nitrogens with one attached hydrogen (secondary N) is 1. The van der Waals surface area contributed by atoms with Gasteiger partial charge in [-0.15, -0.1) is 0 Å². The number of benzene rings is 1. The number of aryl methyl sites for hydroxylation is 1. The number of nitrogens with zero attached hydrogens (tertiary/aromatic N) is 1. The van der Waals surface area contributed by atoms with Gasteiger partial charge < -0.3 is 10.2 Å². The molecule has 0 aromatic heterocycles. The SMILES string of the molecule is CCCC(=O)N(Cc1ccc(C)cc1)[C@H](C)C(=O)N[C@H](C)CC. The van der Waals surface area contributed by atoms with Crippen molar-refractivity contribution in [1.29, 1.82) is 0 Å². The number of carbonyl (C=O) groups is 2. The maximum absolute atomic E-state index is 12.5. The lowest BCUT2D eigenvalue weighted by atomic mass is 10.1. The molecule has 128 valence electrons. The van der Waals surface area contributed by atoms with Crippen molar-refractivity contribution in [3.05, 3.63) is 35.4 Å². The van der Waals surface area contributed by atoms with Gasteiger partial charge >= 0.3 is 0 Å². The minimum absolute atomic E-state index is 0.0277. The molecule has 4 nitrogen and oxygen atoms in total. The van der Waals surface area contributed by atoms with E-state index in [1.54, 1.807) is 11.8 Å². The molecule has 0 saturated heterocycles. The maximum Gasteiger partial charge on any atom is 0.242 e. The number of amides is 2. The lowest BCUT2D eigenvalue weighted by Crippen LogP contribution is -2.49. The summed E-state index contributed by atoms with van der Waals surface area (Å²) < 4.78 is 0. The zero-order chi connectivity index (χ0) is 17.4. The molecule has 0 unspecified atom stereocenters. The smallest absolute Gasteiger partial charge is 0.242 e. The van der Waals surface area contributed by atoms with Crippen LogP contribution < -0.4 is 5.32 Å². The highest BCUT2D eigenvalue weighted by atomic mass is 16.2. The highest BCUT2D eigenvalue weighted by molar-refractivity contribution is 5.87. The van der Waals surface area contributed by atoms with Gasteiger partial charge in [-0.25, -0.2) is 0 Å². The Labute approximate surface area is 140 Å². The zero-order valence-corrected chi connectivity index (χ0v) is 15.1. The Balaban J connectivity index is 2.88. The van der Waals surface area contributed by atoms with Crippen molar-refractivity contribution >= 4 is 11.8 Å². The average molecular weight is 318 g/mol. The molecular weight excluding hydrogens is 288 g/mol. The lowest BCUT2D eigenvalue weighted by Gasteiger charge is -2.29. The van der Waals surface area contributed by atoms with Crippen molar-refractivity contribution in [2.45, 2.75) is 72.5 Å². The van der Waals surface area contributed by atoms with E-state index < -0.39 is 6.04 Å². The van der Waals surface area contributed by atoms with E-state index in [1.165, 1.54) is 5.56 Å². The van der Waals surface area contributed by atoms with Crippen molar-refractivity contribution in [2.75, 3.05) is 0 Å². The third-order valence-corrected chi connectivity index (χ3v) is 4.11. The summed E-state index contributed by atoms with van der Waals surface area (Å²) in [7, 11) is 0. The van der Waals surface area contributed by atoms with Crippen molar-refractivity contribution < 1.29 is 9.59 Å². The minimum Gasteiger partial charge on any atom is -0.352 e. The second kappa shape index (κ2) is 9.33. The quantitative estimate of drug-likeness (QED) is 0.798. The third kappa shape index (κ3) is 6.05. The second-order valence-electron chi connectivity index (χ2n) is 6.25. The molecule has 0 spiro atoms. The minimum atomic E-state index is -0.468. The normalized spacial score (nSPS) is 13.3. The Kier molecular flexibility index (Phi) is 7.79. The predicted molar refractivity (Wildman–Crippen MR) is 94.0 cm³/mol. The highest BCUT2D eigenvalue weighted by Crippen LogP contribution is 2.13. The summed E-state index contributed by atoms with van der Waals surface area (Å²) in [5.41, 5.74) is 2.23. The summed E-state index contributed by atoms with van der Waals surface area (Å²) in [6.45, 7) is 10.3. The molecule has 2 atom stereocenters. The third-order valence-electron chi connectivity index (χ3n) is 4.11. The number of rotatable bonds is 8. The first-order valence-electron chi connectivity index (χ1n) is 8.54. The van der Waals surface area contributed by atoms with E-state index in [2.05, 4.69) is 5.32 Å². The Morgan fingerprint density at radius 3 is 2.26 bits per heavy atom. The van der Waals surface area contributed by atoms with Crippen LogP contribution in [-0.2, 0) is 16.1 Å². The van der Waals surface area contributed by atoms with Gasteiger partial charge in [0, 0.05) is 19.0 Å². The van der Waals surface area contributed by atoms with E-state index in [0.717, 1.165) is 18.4 Å². The van der Waals surface area contributed by atoms with Crippen molar-refractivity contribution in [3.8, 4) is 0 Å². The molecule has 0 radical (unpaired) electrons. The Morgan fingerprint density at radius 1 is 1.13 bits per heavy atom. The Bertz CT molecular complexity index is 511. The van der Waals surface area contributed by atoms with E-state index >= 15 is 0 Å². The predicted octanol–water partition coefficient (Wildman–Crippen LogP) is 3.43. The van der Waals surface area contributed by atoms with Gasteiger partial charge in [-0.1, -0.05) is 43.7 Å². The van der Waals surface area contributed by atoms with Crippen LogP contribution in [0.15, 0.2) is 24.3 Å². The fraction of sp³-hybridized carbons (Fsp3) is 0.579. The van der Waals surface area contributed by atoms with Crippen molar-refractivity contribution in [2.24, 2.45) is 0 Å². The zero-order valence-electron chi connectivity index (χ0n) is 15.1. The topological polar surface area (TPSA) is 49.4 Å². The second-order valence-corrected chi connectivity index (χ2v) is 6.25. The number of hydrogen-bond acceptors (Lipinski definition) is 2. The van der Waals surface area contributed by atoms with Gasteiger partial charge in [-0.3, -0.25) is 9.59 Å². The largest absolute Gasteiger partial charge is 0.352 e. The van der Waals surface area contributed by atoms with Gasteiger partial charge in [0.1, 0.15) is 6.04 Å². The summed E-state index contributed by atoms with van der Waals surface area (Å²) >= 11 is 0. The Hall–Kier alpha value is -1.84. The molecule has 0 saturated carbocycles. The van der Waals surface area contributed by atoms with Crippen molar-refractivity contribution in [1.82, 2.24) is 10.2 Å². The highest BCUT2D eigenvalue weighted by Gasteiger charge is 2.26. The van der Waals surface area contributed by atoms with E-state index in [9.17, 15) is 9.59 Å². The maximum atomic E-state index is 12.5. The van der Waals surface area contributed by atoms with Crippen LogP contribution >= 0.6 is 0 Å². The fourth-order valence-corrected chi connectivity index (χ4v) is 2.30. The van der Waals surface area contributed by atoms with Crippen LogP contribution in [0.25, 0.3) is 0 Å². The first-order valence-corrected chi connectivity index (χ1v) is 8.54. The molecule has 0 bridgehead atoms. The van der Waals surface area contributed by atoms with Crippen molar-refractivity contribution in [3.63, 3.8) is 0 Å². The van der Waals surface area contributed by atoms with Crippen LogP contribution in [0.2, 0.25) is 0 Å². The summed E-state index contributed by atoms with van der Waals surface area (Å²) in [5.74, 6) is -0.0595. The monoisotopic (exact) mass is 318 g/mol. The molecule has 2 amide bonds. The fourth-order valence-electron chi connectivity index (χ4n) is 2.30. The summed E-state index contributed by atoms with van der Waals surface area (Å²) in [6.07, 6.45) is 2.12. The van der Waals surface area contributed by atoms with Crippen LogP contribution in [0.3, 0.4) is 0 Å². The van der Waals surface area contributed by atoms with Gasteiger partial charge in [-0.2, -0.15) is 0 Å². The molecule has 0 aliphatic heterocycles. The van der Waals surface area contributed by atoms with Gasteiger partial charge in [0.15, 0.2) is 0 Å². The van der Waals surface area contributed by atoms with Gasteiger partial charge in [0.05, 0.1) is 0 Å². The van der Waals surface area contributed by atoms with Crippen LogP contribution in [-0.4, -0.2) is 28.8 Å². The van der Waals surface area contributed by atoms with Gasteiger partial charge in [-0.05, 0) is 39.2 Å². The lowest BCUT2D eigenvalue weighted by molar-refractivity contribution is -0.140. The molecule has 1 aromatic rings. The van der Waals surface area contributed by atoms with E-state index in [4.69, 9.17) is 0 Å². The summed E-state index contributed by atoms with van der Waals surface area (Å²) in [6, 6.07) is 7.74. The van der Waals surface area contributed by atoms with Crippen LogP contribution in [0.4, 0.5) is 0 Å². The molecule has 1 N–H and O–H groups in total. The molecular formula is C19H30N2O2. The molecule has 23 heavy (non-hydrogen) atoms. The van der Waals surface area contributed by atoms with E-state index in [1.807, 2.05) is 52.0 Å². The molecule has 0 heterocycles. The number of carbonyl (C=O) groups excluding carboxylic acids is 2. The number of hydrogen-bond donors (Lipinski definition) is 1. The summed E-state index contributed by atoms with van der Waals surface area (Å²) in [4.78, 5) is 26.5. The Morgan fingerprint density at radius 2 is 1.74 bits per heavy atom. The van der Waals surface area contributed by atoms with E-state index in [0.29, 0.717) is 13.0 Å². The van der Waals surface area contributed by atoms with Crippen LogP contribution in [0, 0.1) is 6.92 Å². The molecule has 1 rings (SSSR count).